The fourth-order valence-electron chi connectivity index (χ4n) is 4.12. The normalized spacial score (nSPS) is 24.7. The number of piperazine rings is 1. The van der Waals surface area contributed by atoms with Crippen LogP contribution in [0.5, 0.6) is 0 Å². The topological polar surface area (TPSA) is 35.6 Å². The zero-order valence-electron chi connectivity index (χ0n) is 16.3. The molecule has 1 N–H and O–H groups in total. The van der Waals surface area contributed by atoms with E-state index in [1.54, 1.807) is 0 Å². The smallest absolute Gasteiger partial charge is 0.225 e. The van der Waals surface area contributed by atoms with E-state index in [0.717, 1.165) is 68.1 Å². The van der Waals surface area contributed by atoms with Crippen molar-refractivity contribution in [3.63, 3.8) is 0 Å². The van der Waals surface area contributed by atoms with Crippen LogP contribution in [0.25, 0.3) is 0 Å². The van der Waals surface area contributed by atoms with Crippen LogP contribution in [-0.2, 0) is 4.79 Å². The van der Waals surface area contributed by atoms with Gasteiger partial charge in [-0.15, -0.1) is 0 Å². The fourth-order valence-corrected chi connectivity index (χ4v) is 4.30. The summed E-state index contributed by atoms with van der Waals surface area (Å²) in [6.45, 7) is 10.3. The first-order valence-corrected chi connectivity index (χ1v) is 10.4. The van der Waals surface area contributed by atoms with Gasteiger partial charge in [-0.1, -0.05) is 17.7 Å². The lowest BCUT2D eigenvalue weighted by molar-refractivity contribution is -0.138. The Balaban J connectivity index is 1.46. The third kappa shape index (κ3) is 4.72. The van der Waals surface area contributed by atoms with Crippen LogP contribution in [0.1, 0.15) is 45.1 Å². The fraction of sp³-hybridized carbons (Fsp3) is 0.667. The molecule has 1 amide bonds. The van der Waals surface area contributed by atoms with Crippen LogP contribution in [0, 0.1) is 12.8 Å². The van der Waals surface area contributed by atoms with Crippen LogP contribution >= 0.6 is 11.6 Å². The molecule has 3 rings (SSSR count). The van der Waals surface area contributed by atoms with E-state index in [9.17, 15) is 4.79 Å². The van der Waals surface area contributed by atoms with E-state index >= 15 is 0 Å². The van der Waals surface area contributed by atoms with Gasteiger partial charge in [0.25, 0.3) is 0 Å². The second-order valence-electron chi connectivity index (χ2n) is 8.11. The lowest BCUT2D eigenvalue weighted by Crippen LogP contribution is -2.52. The van der Waals surface area contributed by atoms with Crippen molar-refractivity contribution >= 4 is 23.2 Å². The van der Waals surface area contributed by atoms with Crippen molar-refractivity contribution in [3.8, 4) is 0 Å². The highest BCUT2D eigenvalue weighted by Gasteiger charge is 2.31. The number of hydrogen-bond acceptors (Lipinski definition) is 3. The van der Waals surface area contributed by atoms with Gasteiger partial charge in [-0.3, -0.25) is 9.69 Å². The molecule has 1 saturated carbocycles. The largest absolute Gasteiger partial charge is 0.382 e. The number of rotatable bonds is 4. The molecule has 0 spiro atoms. The van der Waals surface area contributed by atoms with Crippen LogP contribution in [0.3, 0.4) is 0 Å². The molecule has 0 radical (unpaired) electrons. The first-order chi connectivity index (χ1) is 12.4. The molecule has 144 valence electrons. The highest BCUT2D eigenvalue weighted by Crippen LogP contribution is 2.29. The van der Waals surface area contributed by atoms with Gasteiger partial charge in [0.05, 0.1) is 0 Å². The maximum atomic E-state index is 12.8. The molecule has 4 nitrogen and oxygen atoms in total. The molecule has 1 aromatic rings. The Bertz CT molecular complexity index is 618. The highest BCUT2D eigenvalue weighted by atomic mass is 35.5. The molecule has 1 aromatic carbocycles. The second kappa shape index (κ2) is 8.62. The van der Waals surface area contributed by atoms with Crippen LogP contribution in [0.4, 0.5) is 5.69 Å². The van der Waals surface area contributed by atoms with Crippen LogP contribution in [-0.4, -0.2) is 54.0 Å². The number of benzene rings is 1. The number of amides is 1. The van der Waals surface area contributed by atoms with E-state index in [1.807, 2.05) is 13.0 Å². The predicted octanol–water partition coefficient (Wildman–Crippen LogP) is 4.17. The summed E-state index contributed by atoms with van der Waals surface area (Å²) in [6.07, 6.45) is 4.07. The Morgan fingerprint density at radius 2 is 1.77 bits per heavy atom. The molecule has 1 aliphatic heterocycles. The van der Waals surface area contributed by atoms with Crippen molar-refractivity contribution in [3.05, 3.63) is 28.8 Å². The highest BCUT2D eigenvalue weighted by molar-refractivity contribution is 6.31. The Labute approximate surface area is 162 Å². The minimum atomic E-state index is 0.209. The molecule has 2 fully saturated rings. The molecule has 0 bridgehead atoms. The van der Waals surface area contributed by atoms with Gasteiger partial charge in [-0.05, 0) is 64.2 Å². The predicted molar refractivity (Wildman–Crippen MR) is 109 cm³/mol. The first kappa shape index (κ1) is 19.5. The van der Waals surface area contributed by atoms with Crippen LogP contribution in [0.2, 0.25) is 5.02 Å². The summed E-state index contributed by atoms with van der Waals surface area (Å²) in [6, 6.07) is 7.16. The zero-order chi connectivity index (χ0) is 18.7. The summed E-state index contributed by atoms with van der Waals surface area (Å²) < 4.78 is 0. The summed E-state index contributed by atoms with van der Waals surface area (Å²) in [7, 11) is 0. The van der Waals surface area contributed by atoms with E-state index in [1.165, 1.54) is 0 Å². The van der Waals surface area contributed by atoms with E-state index in [2.05, 4.69) is 41.1 Å². The average molecular weight is 378 g/mol. The van der Waals surface area contributed by atoms with Crippen molar-refractivity contribution in [2.24, 2.45) is 5.92 Å². The summed E-state index contributed by atoms with van der Waals surface area (Å²) in [5, 5.41) is 4.40. The summed E-state index contributed by atoms with van der Waals surface area (Å²) in [5.74, 6) is 0.588. The van der Waals surface area contributed by atoms with Crippen molar-refractivity contribution in [1.29, 1.82) is 0 Å². The Morgan fingerprint density at radius 1 is 1.12 bits per heavy atom. The van der Waals surface area contributed by atoms with Crippen molar-refractivity contribution < 1.29 is 4.79 Å². The molecule has 1 heterocycles. The van der Waals surface area contributed by atoms with Gasteiger partial charge in [0.2, 0.25) is 5.91 Å². The SMILES string of the molecule is Cc1ccc(N[C@H]2CC[C@H](C(=O)N3CCN(C(C)C)CC3)CC2)cc1Cl. The van der Waals surface area contributed by atoms with Crippen molar-refractivity contribution in [1.82, 2.24) is 9.80 Å². The van der Waals surface area contributed by atoms with Crippen LogP contribution in [0.15, 0.2) is 18.2 Å². The standard InChI is InChI=1S/C21H32ClN3O/c1-15(2)24-10-12-25(13-11-24)21(26)17-5-8-18(9-6-17)23-19-7-4-16(3)20(22)14-19/h4,7,14-15,17-18,23H,5-6,8-13H2,1-3H3/t17-,18-. The molecule has 1 aliphatic carbocycles. The average Bonchev–Trinajstić information content (AvgIpc) is 2.65. The third-order valence-electron chi connectivity index (χ3n) is 5.98. The van der Waals surface area contributed by atoms with Crippen LogP contribution < -0.4 is 5.32 Å². The van der Waals surface area contributed by atoms with E-state index < -0.39 is 0 Å². The van der Waals surface area contributed by atoms with Crippen molar-refractivity contribution in [2.75, 3.05) is 31.5 Å². The zero-order valence-corrected chi connectivity index (χ0v) is 17.1. The number of carbonyl (C=O) groups excluding carboxylic acids is 1. The molecule has 26 heavy (non-hydrogen) atoms. The quantitative estimate of drug-likeness (QED) is 0.855. The molecule has 0 aromatic heterocycles. The van der Waals surface area contributed by atoms with E-state index in [0.29, 0.717) is 18.0 Å². The summed E-state index contributed by atoms with van der Waals surface area (Å²) in [4.78, 5) is 17.4. The second-order valence-corrected chi connectivity index (χ2v) is 8.52. The number of nitrogens with zero attached hydrogens (tertiary/aromatic N) is 2. The lowest BCUT2D eigenvalue weighted by Gasteiger charge is -2.39. The molecule has 0 unspecified atom stereocenters. The van der Waals surface area contributed by atoms with Gasteiger partial charge in [-0.2, -0.15) is 0 Å². The third-order valence-corrected chi connectivity index (χ3v) is 6.38. The first-order valence-electron chi connectivity index (χ1n) is 9.99. The number of aryl methyl sites for hydroxylation is 1. The number of hydrogen-bond donors (Lipinski definition) is 1. The Morgan fingerprint density at radius 3 is 2.35 bits per heavy atom. The van der Waals surface area contributed by atoms with Gasteiger partial charge in [-0.25, -0.2) is 0 Å². The van der Waals surface area contributed by atoms with Gasteiger partial charge in [0.1, 0.15) is 0 Å². The molecule has 0 atom stereocenters. The Kier molecular flexibility index (Phi) is 6.46. The Hall–Kier alpha value is -1.26. The number of nitrogens with one attached hydrogen (secondary N) is 1. The maximum Gasteiger partial charge on any atom is 0.225 e. The van der Waals surface area contributed by atoms with Gasteiger partial charge in [0.15, 0.2) is 0 Å². The maximum absolute atomic E-state index is 12.8. The molecular formula is C21H32ClN3O. The van der Waals surface area contributed by atoms with E-state index in [-0.39, 0.29) is 5.92 Å². The number of halogens is 1. The molecule has 1 saturated heterocycles. The summed E-state index contributed by atoms with van der Waals surface area (Å²) >= 11 is 6.22. The minimum absolute atomic E-state index is 0.209. The van der Waals surface area contributed by atoms with Crippen molar-refractivity contribution in [2.45, 2.75) is 58.5 Å². The number of carbonyl (C=O) groups is 1. The minimum Gasteiger partial charge on any atom is -0.382 e. The molecule has 5 heteroatoms. The summed E-state index contributed by atoms with van der Waals surface area (Å²) in [5.41, 5.74) is 2.18. The monoisotopic (exact) mass is 377 g/mol. The molecular weight excluding hydrogens is 346 g/mol. The lowest BCUT2D eigenvalue weighted by atomic mass is 9.85. The molecule has 2 aliphatic rings. The van der Waals surface area contributed by atoms with Gasteiger partial charge < -0.3 is 10.2 Å². The number of anilines is 1. The van der Waals surface area contributed by atoms with Gasteiger partial charge in [0, 0.05) is 54.9 Å². The van der Waals surface area contributed by atoms with E-state index in [4.69, 9.17) is 11.6 Å². The van der Waals surface area contributed by atoms with Gasteiger partial charge >= 0.3 is 0 Å².